The fraction of sp³-hybridized carbons (Fsp3) is 0.263. The Labute approximate surface area is 139 Å². The molecule has 0 spiro atoms. The average Bonchev–Trinajstić information content (AvgIpc) is 3.27. The van der Waals surface area contributed by atoms with Gasteiger partial charge in [-0.25, -0.2) is 4.98 Å². The second-order valence-corrected chi connectivity index (χ2v) is 6.42. The molecule has 2 N–H and O–H groups in total. The van der Waals surface area contributed by atoms with Crippen LogP contribution in [0.5, 0.6) is 0 Å². The monoisotopic (exact) mass is 317 g/mol. The summed E-state index contributed by atoms with van der Waals surface area (Å²) in [7, 11) is 0. The van der Waals surface area contributed by atoms with E-state index in [0.29, 0.717) is 6.04 Å². The molecule has 0 radical (unpaired) electrons. The van der Waals surface area contributed by atoms with E-state index >= 15 is 0 Å². The predicted octanol–water partition coefficient (Wildman–Crippen LogP) is 3.50. The first-order valence-electron chi connectivity index (χ1n) is 8.51. The van der Waals surface area contributed by atoms with Gasteiger partial charge in [-0.05, 0) is 43.7 Å². The molecule has 0 aliphatic carbocycles. The summed E-state index contributed by atoms with van der Waals surface area (Å²) in [5, 5.41) is 5.90. The van der Waals surface area contributed by atoms with Crippen molar-refractivity contribution in [3.05, 3.63) is 48.9 Å². The van der Waals surface area contributed by atoms with Crippen LogP contribution in [0.15, 0.2) is 48.9 Å². The smallest absolute Gasteiger partial charge is 0.139 e. The van der Waals surface area contributed by atoms with Gasteiger partial charge in [-0.15, -0.1) is 0 Å². The molecule has 4 aromatic rings. The van der Waals surface area contributed by atoms with Crippen molar-refractivity contribution in [3.63, 3.8) is 0 Å². The first kappa shape index (κ1) is 13.7. The van der Waals surface area contributed by atoms with E-state index in [1.54, 1.807) is 0 Å². The summed E-state index contributed by atoms with van der Waals surface area (Å²) in [6, 6.07) is 10.9. The van der Waals surface area contributed by atoms with Crippen LogP contribution in [-0.2, 0) is 0 Å². The summed E-state index contributed by atoms with van der Waals surface area (Å²) in [6.07, 6.45) is 8.18. The van der Waals surface area contributed by atoms with Crippen LogP contribution in [0.3, 0.4) is 0 Å². The number of H-pyrrole nitrogens is 1. The molecule has 120 valence electrons. The summed E-state index contributed by atoms with van der Waals surface area (Å²) in [5.41, 5.74) is 4.39. The van der Waals surface area contributed by atoms with Gasteiger partial charge in [0, 0.05) is 41.9 Å². The van der Waals surface area contributed by atoms with Crippen molar-refractivity contribution in [3.8, 4) is 11.4 Å². The van der Waals surface area contributed by atoms with Gasteiger partial charge in [0.2, 0.25) is 0 Å². The molecule has 1 aliphatic rings. The Morgan fingerprint density at radius 2 is 2.17 bits per heavy atom. The number of aromatic nitrogens is 4. The first-order chi connectivity index (χ1) is 11.9. The van der Waals surface area contributed by atoms with Gasteiger partial charge in [0.25, 0.3) is 0 Å². The lowest BCUT2D eigenvalue weighted by atomic mass is 10.1. The molecule has 0 saturated carbocycles. The third kappa shape index (κ3) is 2.05. The highest BCUT2D eigenvalue weighted by Crippen LogP contribution is 2.35. The maximum atomic E-state index is 4.60. The van der Waals surface area contributed by atoms with Crippen molar-refractivity contribution in [2.24, 2.45) is 0 Å². The third-order valence-electron chi connectivity index (χ3n) is 4.94. The highest BCUT2D eigenvalue weighted by atomic mass is 15.1. The van der Waals surface area contributed by atoms with Crippen molar-refractivity contribution < 1.29 is 0 Å². The third-order valence-corrected chi connectivity index (χ3v) is 4.94. The van der Waals surface area contributed by atoms with E-state index in [-0.39, 0.29) is 0 Å². The molecule has 1 aliphatic heterocycles. The number of hydrogen-bond donors (Lipinski definition) is 2. The van der Waals surface area contributed by atoms with Gasteiger partial charge < -0.3 is 14.9 Å². The van der Waals surface area contributed by atoms with Crippen LogP contribution in [0.1, 0.15) is 18.9 Å². The van der Waals surface area contributed by atoms with E-state index in [4.69, 9.17) is 0 Å². The standard InChI is InChI=1S/C19H19N5/c1-2-8-21-16(5-1)17-10-13-11-23-19-15(6-9-22-19)18(13)24(17)14-4-3-7-20-12-14/h1-2,5-6,8-11,14,20H,3-4,7,12H2,(H,22,23)/t14-/m0/s1. The Morgan fingerprint density at radius 3 is 3.00 bits per heavy atom. The normalized spacial score (nSPS) is 18.4. The molecule has 0 aromatic carbocycles. The SMILES string of the molecule is c1ccc(-c2cc3cnc4[nH]ccc4c3n2[C@H]2CCCNC2)nc1. The molecule has 4 aromatic heterocycles. The average molecular weight is 317 g/mol. The molecular formula is C19H19N5. The zero-order chi connectivity index (χ0) is 15.9. The Hall–Kier alpha value is -2.66. The number of fused-ring (bicyclic) bond motifs is 3. The van der Waals surface area contributed by atoms with Gasteiger partial charge >= 0.3 is 0 Å². The Morgan fingerprint density at radius 1 is 1.17 bits per heavy atom. The topological polar surface area (TPSA) is 58.5 Å². The molecule has 1 atom stereocenters. The maximum Gasteiger partial charge on any atom is 0.139 e. The molecule has 0 amide bonds. The van der Waals surface area contributed by atoms with Crippen molar-refractivity contribution in [2.45, 2.75) is 18.9 Å². The quantitative estimate of drug-likeness (QED) is 0.595. The number of nitrogens with one attached hydrogen (secondary N) is 2. The summed E-state index contributed by atoms with van der Waals surface area (Å²) in [5.74, 6) is 0. The van der Waals surface area contributed by atoms with E-state index in [9.17, 15) is 0 Å². The van der Waals surface area contributed by atoms with E-state index in [1.807, 2.05) is 30.7 Å². The van der Waals surface area contributed by atoms with Gasteiger partial charge in [-0.3, -0.25) is 4.98 Å². The minimum absolute atomic E-state index is 0.439. The lowest BCUT2D eigenvalue weighted by Crippen LogP contribution is -2.31. The van der Waals surface area contributed by atoms with Crippen molar-refractivity contribution in [2.75, 3.05) is 13.1 Å². The molecule has 5 nitrogen and oxygen atoms in total. The van der Waals surface area contributed by atoms with Crippen LogP contribution in [0.2, 0.25) is 0 Å². The number of pyridine rings is 2. The Kier molecular flexibility index (Phi) is 3.13. The second kappa shape index (κ2) is 5.46. The summed E-state index contributed by atoms with van der Waals surface area (Å²) >= 11 is 0. The Bertz CT molecular complexity index is 993. The summed E-state index contributed by atoms with van der Waals surface area (Å²) in [6.45, 7) is 2.10. The minimum atomic E-state index is 0.439. The highest BCUT2D eigenvalue weighted by Gasteiger charge is 2.23. The fourth-order valence-electron chi connectivity index (χ4n) is 3.87. The molecule has 5 heteroatoms. The molecule has 5 heterocycles. The van der Waals surface area contributed by atoms with Crippen LogP contribution >= 0.6 is 0 Å². The largest absolute Gasteiger partial charge is 0.346 e. The molecule has 24 heavy (non-hydrogen) atoms. The highest BCUT2D eigenvalue weighted by molar-refractivity contribution is 6.04. The number of hydrogen-bond acceptors (Lipinski definition) is 3. The first-order valence-corrected chi connectivity index (χ1v) is 8.51. The summed E-state index contributed by atoms with van der Waals surface area (Å²) < 4.78 is 2.47. The maximum absolute atomic E-state index is 4.60. The molecule has 5 rings (SSSR count). The lowest BCUT2D eigenvalue weighted by molar-refractivity contribution is 0.382. The van der Waals surface area contributed by atoms with Crippen molar-refractivity contribution in [1.29, 1.82) is 0 Å². The van der Waals surface area contributed by atoms with Gasteiger partial charge in [0.15, 0.2) is 0 Å². The zero-order valence-corrected chi connectivity index (χ0v) is 13.4. The van der Waals surface area contributed by atoms with E-state index < -0.39 is 0 Å². The number of nitrogens with zero attached hydrogens (tertiary/aromatic N) is 3. The molecule has 0 unspecified atom stereocenters. The second-order valence-electron chi connectivity index (χ2n) is 6.42. The number of piperidine rings is 1. The number of aromatic amines is 1. The van der Waals surface area contributed by atoms with Gasteiger partial charge in [-0.1, -0.05) is 6.07 Å². The summed E-state index contributed by atoms with van der Waals surface area (Å²) in [4.78, 5) is 12.4. The fourth-order valence-corrected chi connectivity index (χ4v) is 3.87. The van der Waals surface area contributed by atoms with E-state index in [1.165, 1.54) is 34.8 Å². The lowest BCUT2D eigenvalue weighted by Gasteiger charge is -2.27. The molecule has 1 fully saturated rings. The molecule has 0 bridgehead atoms. The number of rotatable bonds is 2. The van der Waals surface area contributed by atoms with Crippen LogP contribution in [0.25, 0.3) is 33.3 Å². The van der Waals surface area contributed by atoms with Crippen LogP contribution in [-0.4, -0.2) is 32.6 Å². The van der Waals surface area contributed by atoms with Gasteiger partial charge in [0.05, 0.1) is 16.9 Å². The zero-order valence-electron chi connectivity index (χ0n) is 13.4. The van der Waals surface area contributed by atoms with Crippen molar-refractivity contribution >= 4 is 21.9 Å². The van der Waals surface area contributed by atoms with Gasteiger partial charge in [-0.2, -0.15) is 0 Å². The van der Waals surface area contributed by atoms with E-state index in [0.717, 1.165) is 24.4 Å². The van der Waals surface area contributed by atoms with Gasteiger partial charge in [0.1, 0.15) is 5.65 Å². The Balaban J connectivity index is 1.84. The molecule has 1 saturated heterocycles. The van der Waals surface area contributed by atoms with Crippen molar-refractivity contribution in [1.82, 2.24) is 24.8 Å². The van der Waals surface area contributed by atoms with Crippen LogP contribution in [0.4, 0.5) is 0 Å². The van der Waals surface area contributed by atoms with Crippen LogP contribution < -0.4 is 5.32 Å². The minimum Gasteiger partial charge on any atom is -0.346 e. The van der Waals surface area contributed by atoms with Crippen LogP contribution in [0, 0.1) is 0 Å². The molecular weight excluding hydrogens is 298 g/mol. The van der Waals surface area contributed by atoms with E-state index in [2.05, 4.69) is 43.0 Å². The predicted molar refractivity (Wildman–Crippen MR) is 96.0 cm³/mol.